The van der Waals surface area contributed by atoms with E-state index in [1.54, 1.807) is 0 Å². The van der Waals surface area contributed by atoms with Crippen molar-refractivity contribution in [2.75, 3.05) is 0 Å². The summed E-state index contributed by atoms with van der Waals surface area (Å²) >= 11 is 5.72. The minimum absolute atomic E-state index is 0.00509. The van der Waals surface area contributed by atoms with Crippen LogP contribution in [0.4, 0.5) is 0 Å². The Bertz CT molecular complexity index is 602. The molecule has 4 heteroatoms. The van der Waals surface area contributed by atoms with E-state index >= 15 is 0 Å². The van der Waals surface area contributed by atoms with E-state index < -0.39 is 0 Å². The minimum atomic E-state index is -0.00569. The van der Waals surface area contributed by atoms with Gasteiger partial charge in [-0.15, -0.1) is 11.6 Å². The second-order valence-corrected chi connectivity index (χ2v) is 4.81. The Morgan fingerprint density at radius 3 is 2.17 bits per heavy atom. The molecule has 2 N–H and O–H groups in total. The Morgan fingerprint density at radius 2 is 1.61 bits per heavy atom. The van der Waals surface area contributed by atoms with E-state index in [0.29, 0.717) is 5.56 Å². The maximum Gasteiger partial charge on any atom is 0.203 e. The quantitative estimate of drug-likeness (QED) is 0.816. The Hall–Kier alpha value is -1.61. The number of hydrogen-bond donors (Lipinski definition) is 2. The summed E-state index contributed by atoms with van der Waals surface area (Å²) in [5.74, 6) is 0.152. The summed E-state index contributed by atoms with van der Waals surface area (Å²) in [7, 11) is 0. The highest BCUT2D eigenvalue weighted by molar-refractivity contribution is 6.17. The van der Waals surface area contributed by atoms with Gasteiger partial charge in [0.15, 0.2) is 5.88 Å². The van der Waals surface area contributed by atoms with E-state index in [9.17, 15) is 10.2 Å². The zero-order valence-corrected chi connectivity index (χ0v) is 11.4. The normalized spacial score (nSPS) is 10.9. The van der Waals surface area contributed by atoms with Gasteiger partial charge in [0.2, 0.25) is 5.88 Å². The number of aromatic nitrogens is 1. The second kappa shape index (κ2) is 4.58. The summed E-state index contributed by atoms with van der Waals surface area (Å²) < 4.78 is 1.42. The van der Waals surface area contributed by atoms with Crippen molar-refractivity contribution in [2.45, 2.75) is 26.7 Å². The summed E-state index contributed by atoms with van der Waals surface area (Å²) in [6.45, 7) is 5.98. The van der Waals surface area contributed by atoms with E-state index in [1.807, 2.05) is 32.9 Å². The average molecular weight is 266 g/mol. The molecule has 0 aliphatic carbocycles. The van der Waals surface area contributed by atoms with Crippen LogP contribution in [0.2, 0.25) is 0 Å². The van der Waals surface area contributed by atoms with Gasteiger partial charge in [0.05, 0.1) is 11.6 Å². The molecule has 0 fully saturated rings. The Labute approximate surface area is 111 Å². The van der Waals surface area contributed by atoms with E-state index in [2.05, 4.69) is 0 Å². The summed E-state index contributed by atoms with van der Waals surface area (Å²) in [5.41, 5.74) is 4.56. The van der Waals surface area contributed by atoms with Crippen molar-refractivity contribution >= 4 is 11.6 Å². The molecule has 2 rings (SSSR count). The lowest BCUT2D eigenvalue weighted by atomic mass is 10.0. The largest absolute Gasteiger partial charge is 0.494 e. The predicted octanol–water partition coefficient (Wildman–Crippen LogP) is 3.55. The molecule has 0 amide bonds. The van der Waals surface area contributed by atoms with Crippen molar-refractivity contribution in [1.82, 2.24) is 4.57 Å². The summed E-state index contributed by atoms with van der Waals surface area (Å²) in [6.07, 6.45) is 0. The van der Waals surface area contributed by atoms with Crippen LogP contribution in [0, 0.1) is 20.8 Å². The van der Waals surface area contributed by atoms with E-state index in [-0.39, 0.29) is 17.6 Å². The van der Waals surface area contributed by atoms with Gasteiger partial charge in [-0.25, -0.2) is 0 Å². The molecule has 1 heterocycles. The number of alkyl halides is 1. The average Bonchev–Trinajstić information content (AvgIpc) is 2.59. The van der Waals surface area contributed by atoms with Crippen molar-refractivity contribution in [2.24, 2.45) is 0 Å². The van der Waals surface area contributed by atoms with Crippen LogP contribution in [0.25, 0.3) is 5.69 Å². The maximum absolute atomic E-state index is 10.1. The number of aryl methyl sites for hydroxylation is 3. The highest BCUT2D eigenvalue weighted by atomic mass is 35.5. The zero-order chi connectivity index (χ0) is 13.4. The molecule has 0 radical (unpaired) electrons. The van der Waals surface area contributed by atoms with Crippen LogP contribution in [0.15, 0.2) is 18.2 Å². The first kappa shape index (κ1) is 12.8. The van der Waals surface area contributed by atoms with Crippen molar-refractivity contribution in [3.63, 3.8) is 0 Å². The van der Waals surface area contributed by atoms with Gasteiger partial charge in [0, 0.05) is 11.6 Å². The fourth-order valence-electron chi connectivity index (χ4n) is 2.06. The van der Waals surface area contributed by atoms with Gasteiger partial charge in [-0.3, -0.25) is 4.57 Å². The van der Waals surface area contributed by atoms with Gasteiger partial charge in [-0.05, 0) is 43.5 Å². The lowest BCUT2D eigenvalue weighted by Gasteiger charge is -2.13. The summed E-state index contributed by atoms with van der Waals surface area (Å²) in [5, 5.41) is 20.0. The van der Waals surface area contributed by atoms with Crippen LogP contribution < -0.4 is 0 Å². The number of aromatic hydroxyl groups is 2. The van der Waals surface area contributed by atoms with Gasteiger partial charge < -0.3 is 10.2 Å². The Morgan fingerprint density at radius 1 is 1.00 bits per heavy atom. The van der Waals surface area contributed by atoms with Crippen molar-refractivity contribution in [3.8, 4) is 17.4 Å². The predicted molar refractivity (Wildman–Crippen MR) is 72.9 cm³/mol. The molecular weight excluding hydrogens is 250 g/mol. The fourth-order valence-corrected chi connectivity index (χ4v) is 2.26. The van der Waals surface area contributed by atoms with Crippen LogP contribution in [-0.4, -0.2) is 14.8 Å². The maximum atomic E-state index is 10.1. The van der Waals surface area contributed by atoms with Crippen LogP contribution in [0.1, 0.15) is 22.3 Å². The molecule has 96 valence electrons. The monoisotopic (exact) mass is 265 g/mol. The molecule has 0 saturated carbocycles. The number of nitrogens with zero attached hydrogens (tertiary/aromatic N) is 1. The summed E-state index contributed by atoms with van der Waals surface area (Å²) in [4.78, 5) is 0. The van der Waals surface area contributed by atoms with Gasteiger partial charge in [0.25, 0.3) is 0 Å². The van der Waals surface area contributed by atoms with E-state index in [0.717, 1.165) is 16.8 Å². The first-order valence-electron chi connectivity index (χ1n) is 5.72. The molecule has 0 aliphatic rings. The number of hydrogen-bond acceptors (Lipinski definition) is 2. The zero-order valence-electron chi connectivity index (χ0n) is 10.7. The molecule has 3 nitrogen and oxygen atoms in total. The Kier molecular flexibility index (Phi) is 3.26. The van der Waals surface area contributed by atoms with Gasteiger partial charge in [0.1, 0.15) is 0 Å². The molecule has 2 aromatic rings. The molecular formula is C14H16ClNO2. The van der Waals surface area contributed by atoms with Crippen molar-refractivity contribution < 1.29 is 10.2 Å². The van der Waals surface area contributed by atoms with Crippen LogP contribution >= 0.6 is 11.6 Å². The molecule has 1 aromatic carbocycles. The topological polar surface area (TPSA) is 45.4 Å². The highest BCUT2D eigenvalue weighted by Gasteiger charge is 2.16. The Balaban J connectivity index is 2.69. The van der Waals surface area contributed by atoms with Crippen molar-refractivity contribution in [1.29, 1.82) is 0 Å². The SMILES string of the molecule is Cc1cc(C)c(-n2c(O)cc(CCl)c2O)cc1C. The first-order valence-corrected chi connectivity index (χ1v) is 6.26. The summed E-state index contributed by atoms with van der Waals surface area (Å²) in [6, 6.07) is 5.46. The van der Waals surface area contributed by atoms with E-state index in [1.165, 1.54) is 16.2 Å². The molecule has 1 aromatic heterocycles. The van der Waals surface area contributed by atoms with Crippen LogP contribution in [0.5, 0.6) is 11.8 Å². The van der Waals surface area contributed by atoms with E-state index in [4.69, 9.17) is 11.6 Å². The van der Waals surface area contributed by atoms with Crippen molar-refractivity contribution in [3.05, 3.63) is 40.5 Å². The van der Waals surface area contributed by atoms with Gasteiger partial charge in [-0.1, -0.05) is 6.07 Å². The lowest BCUT2D eigenvalue weighted by Crippen LogP contribution is -1.98. The molecule has 0 aliphatic heterocycles. The van der Waals surface area contributed by atoms with Crippen LogP contribution in [0.3, 0.4) is 0 Å². The smallest absolute Gasteiger partial charge is 0.203 e. The number of halogens is 1. The number of benzene rings is 1. The third-order valence-electron chi connectivity index (χ3n) is 3.23. The molecule has 0 unspecified atom stereocenters. The molecule has 0 spiro atoms. The lowest BCUT2D eigenvalue weighted by molar-refractivity contribution is 0.401. The first-order chi connectivity index (χ1) is 8.45. The standard InChI is InChI=1S/C14H16ClNO2/c1-8-4-10(3)12(5-9(8)2)16-13(17)6-11(7-15)14(16)18/h4-6,17-18H,7H2,1-3H3. The minimum Gasteiger partial charge on any atom is -0.494 e. The third-order valence-corrected chi connectivity index (χ3v) is 3.52. The third kappa shape index (κ3) is 1.95. The second-order valence-electron chi connectivity index (χ2n) is 4.54. The number of rotatable bonds is 2. The van der Waals surface area contributed by atoms with Crippen LogP contribution in [-0.2, 0) is 5.88 Å². The van der Waals surface area contributed by atoms with Gasteiger partial charge in [-0.2, -0.15) is 0 Å². The highest BCUT2D eigenvalue weighted by Crippen LogP contribution is 2.34. The molecule has 0 bridgehead atoms. The molecule has 0 saturated heterocycles. The fraction of sp³-hybridized carbons (Fsp3) is 0.286. The molecule has 18 heavy (non-hydrogen) atoms. The molecule has 0 atom stereocenters. The van der Waals surface area contributed by atoms with Gasteiger partial charge >= 0.3 is 0 Å².